The van der Waals surface area contributed by atoms with Gasteiger partial charge in [-0.15, -0.1) is 0 Å². The van der Waals surface area contributed by atoms with E-state index in [1.54, 1.807) is 24.4 Å². The first-order chi connectivity index (χ1) is 8.15. The van der Waals surface area contributed by atoms with Gasteiger partial charge in [0.05, 0.1) is 0 Å². The zero-order valence-corrected chi connectivity index (χ0v) is 10.4. The first kappa shape index (κ1) is 11.8. The summed E-state index contributed by atoms with van der Waals surface area (Å²) in [5, 5.41) is 2.91. The number of nitrogens with one attached hydrogen (secondary N) is 1. The van der Waals surface area contributed by atoms with Gasteiger partial charge in [-0.3, -0.25) is 0 Å². The van der Waals surface area contributed by atoms with Gasteiger partial charge in [0, 0.05) is 22.8 Å². The van der Waals surface area contributed by atoms with Crippen LogP contribution in [0.15, 0.2) is 34.9 Å². The molecule has 4 nitrogen and oxygen atoms in total. The fraction of sp³-hybridized carbons (Fsp3) is 0.0909. The number of halogens is 2. The van der Waals surface area contributed by atoms with Crippen LogP contribution in [0.5, 0.6) is 0 Å². The molecule has 0 fully saturated rings. The van der Waals surface area contributed by atoms with Gasteiger partial charge in [0.25, 0.3) is 0 Å². The van der Waals surface area contributed by atoms with E-state index in [1.165, 1.54) is 6.07 Å². The third kappa shape index (κ3) is 3.13. The van der Waals surface area contributed by atoms with E-state index in [0.29, 0.717) is 23.9 Å². The Hall–Kier alpha value is -1.69. The van der Waals surface area contributed by atoms with Crippen molar-refractivity contribution in [2.24, 2.45) is 0 Å². The lowest BCUT2D eigenvalue weighted by Crippen LogP contribution is -2.06. The molecule has 2 aromatic rings. The molecule has 0 saturated carbocycles. The maximum absolute atomic E-state index is 13.4. The first-order valence-corrected chi connectivity index (χ1v) is 5.71. The fourth-order valence-electron chi connectivity index (χ4n) is 1.31. The van der Waals surface area contributed by atoms with E-state index >= 15 is 0 Å². The van der Waals surface area contributed by atoms with Gasteiger partial charge in [0.2, 0.25) is 5.95 Å². The number of aromatic nitrogens is 2. The lowest BCUT2D eigenvalue weighted by atomic mass is 10.2. The van der Waals surface area contributed by atoms with Crippen molar-refractivity contribution >= 4 is 27.7 Å². The summed E-state index contributed by atoms with van der Waals surface area (Å²) >= 11 is 3.29. The summed E-state index contributed by atoms with van der Waals surface area (Å²) in [5.74, 6) is 0.478. The maximum atomic E-state index is 13.4. The third-order valence-corrected chi connectivity index (χ3v) is 2.62. The standard InChI is InChI=1S/C11H10BrFN4/c12-8-1-2-9(13)7(5-8)6-16-11-15-4-3-10(14)17-11/h1-5H,6H2,(H3,14,15,16,17). The second-order valence-corrected chi connectivity index (χ2v) is 4.31. The van der Waals surface area contributed by atoms with Crippen molar-refractivity contribution in [2.45, 2.75) is 6.54 Å². The molecule has 1 heterocycles. The molecule has 0 amide bonds. The van der Waals surface area contributed by atoms with E-state index in [1.807, 2.05) is 0 Å². The van der Waals surface area contributed by atoms with E-state index in [4.69, 9.17) is 5.73 Å². The summed E-state index contributed by atoms with van der Waals surface area (Å²) in [6.45, 7) is 0.300. The second-order valence-electron chi connectivity index (χ2n) is 3.39. The number of nitrogen functional groups attached to an aromatic ring is 1. The predicted octanol–water partition coefficient (Wildman–Crippen LogP) is 2.57. The number of benzene rings is 1. The third-order valence-electron chi connectivity index (χ3n) is 2.12. The molecular formula is C11H10BrFN4. The summed E-state index contributed by atoms with van der Waals surface area (Å²) in [5.41, 5.74) is 6.04. The average molecular weight is 297 g/mol. The molecule has 0 saturated heterocycles. The highest BCUT2D eigenvalue weighted by molar-refractivity contribution is 9.10. The highest BCUT2D eigenvalue weighted by atomic mass is 79.9. The van der Waals surface area contributed by atoms with Crippen molar-refractivity contribution in [3.63, 3.8) is 0 Å². The Morgan fingerprint density at radius 2 is 2.18 bits per heavy atom. The first-order valence-electron chi connectivity index (χ1n) is 4.91. The molecule has 0 aliphatic carbocycles. The smallest absolute Gasteiger partial charge is 0.224 e. The van der Waals surface area contributed by atoms with E-state index < -0.39 is 0 Å². The van der Waals surface area contributed by atoms with Crippen LogP contribution in [0.3, 0.4) is 0 Å². The Morgan fingerprint density at radius 3 is 2.94 bits per heavy atom. The van der Waals surface area contributed by atoms with Gasteiger partial charge in [-0.2, -0.15) is 4.98 Å². The average Bonchev–Trinajstić information content (AvgIpc) is 2.30. The molecule has 0 aliphatic heterocycles. The molecule has 0 bridgehead atoms. The number of nitrogens with zero attached hydrogens (tertiary/aromatic N) is 2. The molecule has 0 aliphatic rings. The fourth-order valence-corrected chi connectivity index (χ4v) is 1.72. The Labute approximate surface area is 106 Å². The van der Waals surface area contributed by atoms with Crippen molar-refractivity contribution < 1.29 is 4.39 Å². The molecule has 88 valence electrons. The number of anilines is 2. The zero-order chi connectivity index (χ0) is 12.3. The van der Waals surface area contributed by atoms with Crippen LogP contribution in [0, 0.1) is 5.82 Å². The SMILES string of the molecule is Nc1ccnc(NCc2cc(Br)ccc2F)n1. The lowest BCUT2D eigenvalue weighted by Gasteiger charge is -2.06. The summed E-state index contributed by atoms with van der Waals surface area (Å²) < 4.78 is 14.2. The molecule has 1 aromatic heterocycles. The van der Waals surface area contributed by atoms with E-state index in [9.17, 15) is 4.39 Å². The van der Waals surface area contributed by atoms with E-state index in [0.717, 1.165) is 4.47 Å². The van der Waals surface area contributed by atoms with Gasteiger partial charge in [-0.25, -0.2) is 9.37 Å². The lowest BCUT2D eigenvalue weighted by molar-refractivity contribution is 0.612. The Bertz CT molecular complexity index is 533. The van der Waals surface area contributed by atoms with Crippen molar-refractivity contribution in [1.29, 1.82) is 0 Å². The van der Waals surface area contributed by atoms with Crippen LogP contribution in [-0.2, 0) is 6.54 Å². The molecule has 1 aromatic carbocycles. The molecule has 0 atom stereocenters. The minimum absolute atomic E-state index is 0.274. The predicted molar refractivity (Wildman–Crippen MR) is 67.9 cm³/mol. The van der Waals surface area contributed by atoms with Crippen LogP contribution in [0.25, 0.3) is 0 Å². The maximum Gasteiger partial charge on any atom is 0.224 e. The van der Waals surface area contributed by atoms with E-state index in [-0.39, 0.29) is 5.82 Å². The van der Waals surface area contributed by atoms with Crippen LogP contribution in [0.2, 0.25) is 0 Å². The molecule has 3 N–H and O–H groups in total. The zero-order valence-electron chi connectivity index (χ0n) is 8.82. The van der Waals surface area contributed by atoms with Gasteiger partial charge in [0.15, 0.2) is 0 Å². The van der Waals surface area contributed by atoms with Crippen molar-refractivity contribution in [3.8, 4) is 0 Å². The van der Waals surface area contributed by atoms with Crippen LogP contribution < -0.4 is 11.1 Å². The van der Waals surface area contributed by atoms with Crippen molar-refractivity contribution in [3.05, 3.63) is 46.3 Å². The van der Waals surface area contributed by atoms with Gasteiger partial charge < -0.3 is 11.1 Å². The molecule has 17 heavy (non-hydrogen) atoms. The Kier molecular flexibility index (Phi) is 3.53. The Morgan fingerprint density at radius 1 is 1.35 bits per heavy atom. The largest absolute Gasteiger partial charge is 0.384 e. The topological polar surface area (TPSA) is 63.8 Å². The molecule has 2 rings (SSSR count). The van der Waals surface area contributed by atoms with Crippen molar-refractivity contribution in [1.82, 2.24) is 9.97 Å². The monoisotopic (exact) mass is 296 g/mol. The number of hydrogen-bond acceptors (Lipinski definition) is 4. The molecular weight excluding hydrogens is 287 g/mol. The number of nitrogens with two attached hydrogens (primary N) is 1. The highest BCUT2D eigenvalue weighted by Crippen LogP contribution is 2.16. The number of rotatable bonds is 3. The summed E-state index contributed by atoms with van der Waals surface area (Å²) in [4.78, 5) is 7.93. The Balaban J connectivity index is 2.09. The minimum Gasteiger partial charge on any atom is -0.384 e. The molecule has 0 spiro atoms. The van der Waals surface area contributed by atoms with Gasteiger partial charge in [-0.05, 0) is 24.3 Å². The normalized spacial score (nSPS) is 10.2. The van der Waals surface area contributed by atoms with Crippen LogP contribution >= 0.6 is 15.9 Å². The molecule has 0 radical (unpaired) electrons. The summed E-state index contributed by atoms with van der Waals surface area (Å²) in [6, 6.07) is 6.34. The van der Waals surface area contributed by atoms with Gasteiger partial charge >= 0.3 is 0 Å². The quantitative estimate of drug-likeness (QED) is 0.914. The second kappa shape index (κ2) is 5.09. The summed E-state index contributed by atoms with van der Waals surface area (Å²) in [6.07, 6.45) is 1.54. The summed E-state index contributed by atoms with van der Waals surface area (Å²) in [7, 11) is 0. The highest BCUT2D eigenvalue weighted by Gasteiger charge is 2.03. The minimum atomic E-state index is -0.274. The van der Waals surface area contributed by atoms with Crippen LogP contribution in [0.4, 0.5) is 16.2 Å². The molecule has 0 unspecified atom stereocenters. The number of hydrogen-bond donors (Lipinski definition) is 2. The van der Waals surface area contributed by atoms with E-state index in [2.05, 4.69) is 31.2 Å². The van der Waals surface area contributed by atoms with Crippen molar-refractivity contribution in [2.75, 3.05) is 11.1 Å². The van der Waals surface area contributed by atoms with Gasteiger partial charge in [0.1, 0.15) is 11.6 Å². The van der Waals surface area contributed by atoms with Crippen LogP contribution in [0.1, 0.15) is 5.56 Å². The molecule has 6 heteroatoms. The van der Waals surface area contributed by atoms with Crippen LogP contribution in [-0.4, -0.2) is 9.97 Å². The van der Waals surface area contributed by atoms with Gasteiger partial charge in [-0.1, -0.05) is 15.9 Å².